The van der Waals surface area contributed by atoms with Crippen molar-refractivity contribution < 1.29 is 16.8 Å². The highest BCUT2D eigenvalue weighted by atomic mass is 35.7. The number of nitrogens with zero attached hydrogens (tertiary/aromatic N) is 3. The molecular weight excluding hydrogens is 424 g/mol. The smallest absolute Gasteiger partial charge is 0.261 e. The fourth-order valence-corrected chi connectivity index (χ4v) is 3.59. The van der Waals surface area contributed by atoms with Gasteiger partial charge in [-0.3, -0.25) is 0 Å². The predicted octanol–water partition coefficient (Wildman–Crippen LogP) is 3.41. The van der Waals surface area contributed by atoms with E-state index in [-0.39, 0.29) is 4.90 Å². The van der Waals surface area contributed by atoms with Crippen LogP contribution in [-0.2, 0) is 19.1 Å². The lowest BCUT2D eigenvalue weighted by atomic mass is 10.2. The Balaban J connectivity index is 2.02. The van der Waals surface area contributed by atoms with E-state index in [1.165, 1.54) is 24.3 Å². The molecule has 0 fully saturated rings. The lowest BCUT2D eigenvalue weighted by Crippen LogP contribution is -2.34. The Bertz CT molecular complexity index is 1020. The van der Waals surface area contributed by atoms with Gasteiger partial charge < -0.3 is 4.90 Å². The first-order valence-electron chi connectivity index (χ1n) is 8.34. The molecule has 0 radical (unpaired) electrons. The van der Waals surface area contributed by atoms with Crippen molar-refractivity contribution in [3.63, 3.8) is 0 Å². The minimum Gasteiger partial charge on any atom is -0.370 e. The number of hydrogen-bond acceptors (Lipinski definition) is 7. The Morgan fingerprint density at radius 1 is 0.929 bits per heavy atom. The molecule has 0 aliphatic rings. The minimum atomic E-state index is -3.76. The van der Waals surface area contributed by atoms with E-state index in [0.29, 0.717) is 24.5 Å². The second-order valence-corrected chi connectivity index (χ2v) is 10.3. The van der Waals surface area contributed by atoms with Crippen LogP contribution in [0.5, 0.6) is 0 Å². The van der Waals surface area contributed by atoms with Crippen LogP contribution in [0.15, 0.2) is 63.7 Å². The molecule has 0 unspecified atom stereocenters. The number of likely N-dealkylation sites (N-methyl/N-ethyl adjacent to an activating group) is 1. The van der Waals surface area contributed by atoms with Gasteiger partial charge in [0.05, 0.1) is 22.5 Å². The SMILES string of the molecule is CCN(CCNS(C)(=O)=O)c1ccc(N=Nc2ccc(S(=O)(=O)Cl)cc2)cc1. The molecular formula is C17H21ClN4O4S2. The van der Waals surface area contributed by atoms with Crippen molar-refractivity contribution >= 4 is 46.8 Å². The highest BCUT2D eigenvalue weighted by Crippen LogP contribution is 2.24. The van der Waals surface area contributed by atoms with Gasteiger partial charge in [-0.1, -0.05) is 0 Å². The number of sulfonamides is 1. The maximum atomic E-state index is 11.2. The molecule has 1 N–H and O–H groups in total. The van der Waals surface area contributed by atoms with Gasteiger partial charge in [-0.25, -0.2) is 21.6 Å². The van der Waals surface area contributed by atoms with Gasteiger partial charge in [0.15, 0.2) is 0 Å². The molecule has 2 aromatic carbocycles. The predicted molar refractivity (Wildman–Crippen MR) is 111 cm³/mol. The van der Waals surface area contributed by atoms with Crippen LogP contribution in [0.3, 0.4) is 0 Å². The lowest BCUT2D eigenvalue weighted by molar-refractivity contribution is 0.587. The van der Waals surface area contributed by atoms with Crippen molar-refractivity contribution in [1.29, 1.82) is 0 Å². The molecule has 0 aromatic heterocycles. The van der Waals surface area contributed by atoms with E-state index in [2.05, 4.69) is 15.0 Å². The summed E-state index contributed by atoms with van der Waals surface area (Å²) in [6.45, 7) is 3.57. The third-order valence-electron chi connectivity index (χ3n) is 3.74. The molecule has 0 spiro atoms. The van der Waals surface area contributed by atoms with E-state index in [1.54, 1.807) is 12.1 Å². The van der Waals surface area contributed by atoms with E-state index < -0.39 is 19.1 Å². The molecule has 11 heteroatoms. The van der Waals surface area contributed by atoms with Gasteiger partial charge in [0.1, 0.15) is 0 Å². The Morgan fingerprint density at radius 2 is 1.43 bits per heavy atom. The van der Waals surface area contributed by atoms with Crippen LogP contribution in [0.1, 0.15) is 6.92 Å². The Labute approximate surface area is 169 Å². The van der Waals surface area contributed by atoms with Gasteiger partial charge in [0.25, 0.3) is 9.05 Å². The summed E-state index contributed by atoms with van der Waals surface area (Å²) in [4.78, 5) is 2.03. The van der Waals surface area contributed by atoms with Crippen LogP contribution in [0.25, 0.3) is 0 Å². The summed E-state index contributed by atoms with van der Waals surface area (Å²) in [5.74, 6) is 0. The zero-order valence-electron chi connectivity index (χ0n) is 15.4. The molecule has 0 bridgehead atoms. The third-order valence-corrected chi connectivity index (χ3v) is 5.84. The monoisotopic (exact) mass is 444 g/mol. The van der Waals surface area contributed by atoms with E-state index in [4.69, 9.17) is 10.7 Å². The Hall–Kier alpha value is -2.01. The van der Waals surface area contributed by atoms with Crippen LogP contribution in [0.4, 0.5) is 17.1 Å². The quantitative estimate of drug-likeness (QED) is 0.471. The van der Waals surface area contributed by atoms with Crippen LogP contribution in [0, 0.1) is 0 Å². The standard InChI is InChI=1S/C17H21ClN4O4S2/c1-3-22(13-12-19-27(2,23)24)16-8-4-14(5-9-16)20-21-15-6-10-17(11-7-15)28(18,25)26/h4-11,19H,3,12-13H2,1-2H3. The van der Waals surface area contributed by atoms with Crippen molar-refractivity contribution in [1.82, 2.24) is 4.72 Å². The first-order chi connectivity index (χ1) is 13.1. The van der Waals surface area contributed by atoms with E-state index in [1.807, 2.05) is 24.0 Å². The van der Waals surface area contributed by atoms with Crippen molar-refractivity contribution in [2.75, 3.05) is 30.8 Å². The summed E-state index contributed by atoms with van der Waals surface area (Å²) in [7, 11) is -1.70. The van der Waals surface area contributed by atoms with Crippen molar-refractivity contribution in [2.24, 2.45) is 10.2 Å². The molecule has 0 saturated heterocycles. The molecule has 0 saturated carbocycles. The zero-order valence-corrected chi connectivity index (χ0v) is 17.8. The van der Waals surface area contributed by atoms with Crippen molar-refractivity contribution in [3.8, 4) is 0 Å². The lowest BCUT2D eigenvalue weighted by Gasteiger charge is -2.23. The number of azo groups is 1. The minimum absolute atomic E-state index is 0.00230. The van der Waals surface area contributed by atoms with Gasteiger partial charge in [-0.15, -0.1) is 0 Å². The van der Waals surface area contributed by atoms with E-state index >= 15 is 0 Å². The fourth-order valence-electron chi connectivity index (χ4n) is 2.36. The van der Waals surface area contributed by atoms with Crippen LogP contribution >= 0.6 is 10.7 Å². The summed E-state index contributed by atoms with van der Waals surface area (Å²) in [5, 5.41) is 8.19. The Morgan fingerprint density at radius 3 is 1.86 bits per heavy atom. The van der Waals surface area contributed by atoms with E-state index in [0.717, 1.165) is 18.5 Å². The van der Waals surface area contributed by atoms with Crippen molar-refractivity contribution in [3.05, 3.63) is 48.5 Å². The van der Waals surface area contributed by atoms with Gasteiger partial charge >= 0.3 is 0 Å². The largest absolute Gasteiger partial charge is 0.370 e. The van der Waals surface area contributed by atoms with Gasteiger partial charge in [0, 0.05) is 36.0 Å². The maximum Gasteiger partial charge on any atom is 0.261 e. The number of rotatable bonds is 9. The van der Waals surface area contributed by atoms with Crippen LogP contribution in [-0.4, -0.2) is 42.7 Å². The number of hydrogen-bond donors (Lipinski definition) is 1. The fraction of sp³-hybridized carbons (Fsp3) is 0.294. The third kappa shape index (κ3) is 7.19. The summed E-state index contributed by atoms with van der Waals surface area (Å²) >= 11 is 0. The topological polar surface area (TPSA) is 108 Å². The summed E-state index contributed by atoms with van der Waals surface area (Å²) in [5.41, 5.74) is 2.06. The number of benzene rings is 2. The Kier molecular flexibility index (Phi) is 7.53. The molecule has 2 aromatic rings. The van der Waals surface area contributed by atoms with Crippen LogP contribution in [0.2, 0.25) is 0 Å². The molecule has 0 atom stereocenters. The zero-order chi connectivity index (χ0) is 20.8. The first kappa shape index (κ1) is 22.3. The summed E-state index contributed by atoms with van der Waals surface area (Å²) in [6.07, 6.45) is 1.13. The van der Waals surface area contributed by atoms with E-state index in [9.17, 15) is 16.8 Å². The summed E-state index contributed by atoms with van der Waals surface area (Å²) in [6, 6.07) is 13.1. The van der Waals surface area contributed by atoms with Gasteiger partial charge in [-0.05, 0) is 55.5 Å². The molecule has 0 aliphatic heterocycles. The number of halogens is 1. The number of nitrogens with one attached hydrogen (secondary N) is 1. The first-order valence-corrected chi connectivity index (χ1v) is 12.5. The second kappa shape index (κ2) is 9.46. The highest BCUT2D eigenvalue weighted by Gasteiger charge is 2.09. The molecule has 0 amide bonds. The van der Waals surface area contributed by atoms with Crippen molar-refractivity contribution in [2.45, 2.75) is 11.8 Å². The second-order valence-electron chi connectivity index (χ2n) is 5.89. The highest BCUT2D eigenvalue weighted by molar-refractivity contribution is 8.13. The molecule has 0 heterocycles. The van der Waals surface area contributed by atoms with Gasteiger partial charge in [-0.2, -0.15) is 10.2 Å². The molecule has 8 nitrogen and oxygen atoms in total. The van der Waals surface area contributed by atoms with Crippen LogP contribution < -0.4 is 9.62 Å². The van der Waals surface area contributed by atoms with Gasteiger partial charge in [0.2, 0.25) is 10.0 Å². The maximum absolute atomic E-state index is 11.2. The molecule has 0 aliphatic carbocycles. The molecule has 152 valence electrons. The number of anilines is 1. The average Bonchev–Trinajstić information content (AvgIpc) is 2.63. The summed E-state index contributed by atoms with van der Waals surface area (Å²) < 4.78 is 47.2. The molecule has 2 rings (SSSR count). The normalized spacial score (nSPS) is 12.4. The average molecular weight is 445 g/mol. The molecule has 28 heavy (non-hydrogen) atoms.